The van der Waals surface area contributed by atoms with Crippen molar-refractivity contribution in [3.8, 4) is 5.75 Å². The molecule has 0 aliphatic rings. The van der Waals surface area contributed by atoms with Gasteiger partial charge in [0.05, 0.1) is 12.3 Å². The van der Waals surface area contributed by atoms with E-state index in [1.807, 2.05) is 0 Å². The number of anilines is 2. The van der Waals surface area contributed by atoms with Crippen LogP contribution >= 0.6 is 0 Å². The van der Waals surface area contributed by atoms with Gasteiger partial charge in [-0.1, -0.05) is 18.2 Å². The number of carbonyl (C=O) groups is 2. The third-order valence-corrected chi connectivity index (χ3v) is 3.00. The van der Waals surface area contributed by atoms with Crippen LogP contribution in [0.3, 0.4) is 0 Å². The fourth-order valence-electron chi connectivity index (χ4n) is 1.99. The summed E-state index contributed by atoms with van der Waals surface area (Å²) in [5.41, 5.74) is 0.695. The Hall–Kier alpha value is -3.16. The SMILES string of the molecule is CCOC(=O)Nc1cccc(C(=O)Nc2ccccc2OC(F)F)c1. The van der Waals surface area contributed by atoms with Crippen LogP contribution in [-0.4, -0.2) is 25.2 Å². The second kappa shape index (κ2) is 8.62. The van der Waals surface area contributed by atoms with Gasteiger partial charge in [0.2, 0.25) is 0 Å². The van der Waals surface area contributed by atoms with E-state index in [4.69, 9.17) is 4.74 Å². The maximum Gasteiger partial charge on any atom is 0.411 e. The summed E-state index contributed by atoms with van der Waals surface area (Å²) in [5.74, 6) is -0.690. The molecule has 8 heteroatoms. The molecular formula is C17H16F2N2O4. The van der Waals surface area contributed by atoms with Crippen LogP contribution in [0, 0.1) is 0 Å². The van der Waals surface area contributed by atoms with Crippen LogP contribution in [-0.2, 0) is 4.74 Å². The number of nitrogens with one attached hydrogen (secondary N) is 2. The van der Waals surface area contributed by atoms with Gasteiger partial charge in [0.1, 0.15) is 5.75 Å². The zero-order chi connectivity index (χ0) is 18.2. The first-order valence-electron chi connectivity index (χ1n) is 7.38. The van der Waals surface area contributed by atoms with Crippen LogP contribution in [0.1, 0.15) is 17.3 Å². The van der Waals surface area contributed by atoms with E-state index in [0.717, 1.165) is 0 Å². The molecule has 0 aliphatic heterocycles. The van der Waals surface area contributed by atoms with Crippen molar-refractivity contribution in [3.63, 3.8) is 0 Å². The monoisotopic (exact) mass is 350 g/mol. The highest BCUT2D eigenvalue weighted by atomic mass is 19.3. The van der Waals surface area contributed by atoms with Crippen molar-refractivity contribution >= 4 is 23.4 Å². The van der Waals surface area contributed by atoms with Gasteiger partial charge in [0.15, 0.2) is 0 Å². The normalized spacial score (nSPS) is 10.2. The first kappa shape index (κ1) is 18.2. The molecule has 2 amide bonds. The Morgan fingerprint density at radius 2 is 1.84 bits per heavy atom. The van der Waals surface area contributed by atoms with E-state index in [0.29, 0.717) is 5.69 Å². The van der Waals surface area contributed by atoms with Gasteiger partial charge in [0.25, 0.3) is 5.91 Å². The van der Waals surface area contributed by atoms with Gasteiger partial charge in [-0.15, -0.1) is 0 Å². The summed E-state index contributed by atoms with van der Waals surface area (Å²) in [6, 6.07) is 11.9. The number of rotatable bonds is 6. The average Bonchev–Trinajstić information content (AvgIpc) is 2.56. The Labute approximate surface area is 142 Å². The van der Waals surface area contributed by atoms with Crippen molar-refractivity contribution in [3.05, 3.63) is 54.1 Å². The van der Waals surface area contributed by atoms with Gasteiger partial charge >= 0.3 is 12.7 Å². The number of ether oxygens (including phenoxy) is 2. The Morgan fingerprint density at radius 1 is 1.08 bits per heavy atom. The molecule has 0 saturated heterocycles. The van der Waals surface area contributed by atoms with Gasteiger partial charge in [-0.05, 0) is 37.3 Å². The molecule has 2 rings (SSSR count). The highest BCUT2D eigenvalue weighted by molar-refractivity contribution is 6.05. The molecule has 132 valence electrons. The summed E-state index contributed by atoms with van der Waals surface area (Å²) < 4.78 is 33.9. The lowest BCUT2D eigenvalue weighted by Gasteiger charge is -2.12. The molecule has 0 aliphatic carbocycles. The van der Waals surface area contributed by atoms with Crippen LogP contribution in [0.15, 0.2) is 48.5 Å². The van der Waals surface area contributed by atoms with Gasteiger partial charge in [-0.2, -0.15) is 8.78 Å². The molecule has 2 N–H and O–H groups in total. The molecule has 2 aromatic rings. The minimum Gasteiger partial charge on any atom is -0.450 e. The van der Waals surface area contributed by atoms with E-state index >= 15 is 0 Å². The van der Waals surface area contributed by atoms with E-state index in [-0.39, 0.29) is 23.6 Å². The number of hydrogen-bond donors (Lipinski definition) is 2. The Balaban J connectivity index is 2.12. The molecule has 6 nitrogen and oxygen atoms in total. The third kappa shape index (κ3) is 5.45. The van der Waals surface area contributed by atoms with Crippen molar-refractivity contribution in [1.29, 1.82) is 0 Å². The fourth-order valence-corrected chi connectivity index (χ4v) is 1.99. The predicted molar refractivity (Wildman–Crippen MR) is 88.1 cm³/mol. The largest absolute Gasteiger partial charge is 0.450 e. The highest BCUT2D eigenvalue weighted by Crippen LogP contribution is 2.26. The fraction of sp³-hybridized carbons (Fsp3) is 0.176. The van der Waals surface area contributed by atoms with Crippen LogP contribution < -0.4 is 15.4 Å². The Morgan fingerprint density at radius 3 is 2.56 bits per heavy atom. The summed E-state index contributed by atoms with van der Waals surface area (Å²) in [5, 5.41) is 4.97. The summed E-state index contributed by atoms with van der Waals surface area (Å²) in [6.45, 7) is -1.12. The first-order chi connectivity index (χ1) is 12.0. The standard InChI is InChI=1S/C17H16F2N2O4/c1-2-24-17(23)20-12-7-5-6-11(10-12)15(22)21-13-8-3-4-9-14(13)25-16(18)19/h3-10,16H,2H2,1H3,(H,20,23)(H,21,22). The van der Waals surface area contributed by atoms with E-state index in [1.54, 1.807) is 25.1 Å². The highest BCUT2D eigenvalue weighted by Gasteiger charge is 2.13. The number of alkyl halides is 2. The molecule has 0 heterocycles. The zero-order valence-corrected chi connectivity index (χ0v) is 13.3. The maximum atomic E-state index is 12.4. The Bertz CT molecular complexity index is 753. The first-order valence-corrected chi connectivity index (χ1v) is 7.38. The summed E-state index contributed by atoms with van der Waals surface area (Å²) >= 11 is 0. The maximum absolute atomic E-state index is 12.4. The van der Waals surface area contributed by atoms with E-state index in [9.17, 15) is 18.4 Å². The lowest BCUT2D eigenvalue weighted by Crippen LogP contribution is -2.16. The topological polar surface area (TPSA) is 76.7 Å². The summed E-state index contributed by atoms with van der Waals surface area (Å²) in [7, 11) is 0. The van der Waals surface area contributed by atoms with E-state index < -0.39 is 18.6 Å². The number of carbonyl (C=O) groups excluding carboxylic acids is 2. The third-order valence-electron chi connectivity index (χ3n) is 3.00. The molecule has 2 aromatic carbocycles. The van der Waals surface area contributed by atoms with Gasteiger partial charge in [-0.25, -0.2) is 4.79 Å². The van der Waals surface area contributed by atoms with E-state index in [1.165, 1.54) is 30.3 Å². The van der Waals surface area contributed by atoms with Crippen LogP contribution in [0.5, 0.6) is 5.75 Å². The molecule has 25 heavy (non-hydrogen) atoms. The lowest BCUT2D eigenvalue weighted by atomic mass is 10.2. The number of para-hydroxylation sites is 2. The molecule has 0 bridgehead atoms. The predicted octanol–water partition coefficient (Wildman–Crippen LogP) is 4.11. The Kier molecular flexibility index (Phi) is 6.27. The number of benzene rings is 2. The van der Waals surface area contributed by atoms with Gasteiger partial charge in [0, 0.05) is 11.3 Å². The smallest absolute Gasteiger partial charge is 0.411 e. The molecule has 0 radical (unpaired) electrons. The van der Waals surface area contributed by atoms with E-state index in [2.05, 4.69) is 15.4 Å². The lowest BCUT2D eigenvalue weighted by molar-refractivity contribution is -0.0493. The molecule has 0 saturated carbocycles. The second-order valence-electron chi connectivity index (χ2n) is 4.76. The minimum absolute atomic E-state index is 0.108. The van der Waals surface area contributed by atoms with Crippen LogP contribution in [0.2, 0.25) is 0 Å². The van der Waals surface area contributed by atoms with Crippen molar-refractivity contribution in [2.45, 2.75) is 13.5 Å². The number of hydrogen-bond acceptors (Lipinski definition) is 4. The van der Waals surface area contributed by atoms with Gasteiger partial charge < -0.3 is 14.8 Å². The molecule has 0 unspecified atom stereocenters. The average molecular weight is 350 g/mol. The van der Waals surface area contributed by atoms with Crippen molar-refractivity contribution < 1.29 is 27.8 Å². The molecule has 0 atom stereocenters. The van der Waals surface area contributed by atoms with Crippen LogP contribution in [0.4, 0.5) is 25.0 Å². The second-order valence-corrected chi connectivity index (χ2v) is 4.76. The number of amides is 2. The molecule has 0 fully saturated rings. The molecular weight excluding hydrogens is 334 g/mol. The number of halogens is 2. The zero-order valence-electron chi connectivity index (χ0n) is 13.3. The van der Waals surface area contributed by atoms with Gasteiger partial charge in [-0.3, -0.25) is 10.1 Å². The molecule has 0 aromatic heterocycles. The van der Waals surface area contributed by atoms with Crippen molar-refractivity contribution in [1.82, 2.24) is 0 Å². The summed E-state index contributed by atoms with van der Waals surface area (Å²) in [6.07, 6.45) is -0.643. The summed E-state index contributed by atoms with van der Waals surface area (Å²) in [4.78, 5) is 23.7. The quantitative estimate of drug-likeness (QED) is 0.822. The minimum atomic E-state index is -3.00. The molecule has 0 spiro atoms. The van der Waals surface area contributed by atoms with Crippen molar-refractivity contribution in [2.75, 3.05) is 17.2 Å². The van der Waals surface area contributed by atoms with Crippen molar-refractivity contribution in [2.24, 2.45) is 0 Å². The van der Waals surface area contributed by atoms with Crippen LogP contribution in [0.25, 0.3) is 0 Å².